The van der Waals surface area contributed by atoms with Crippen LogP contribution >= 0.6 is 0 Å². The summed E-state index contributed by atoms with van der Waals surface area (Å²) in [5.41, 5.74) is 13.1. The van der Waals surface area contributed by atoms with Crippen LogP contribution in [0.3, 0.4) is 0 Å². The molecule has 2 aromatic rings. The van der Waals surface area contributed by atoms with E-state index in [1.807, 2.05) is 0 Å². The summed E-state index contributed by atoms with van der Waals surface area (Å²) >= 11 is 0. The number of anilines is 2. The van der Waals surface area contributed by atoms with Gasteiger partial charge in [-0.25, -0.2) is 9.97 Å². The van der Waals surface area contributed by atoms with Crippen molar-refractivity contribution in [1.82, 2.24) is 24.8 Å². The number of rotatable bonds is 2. The molecule has 8 nitrogen and oxygen atoms in total. The van der Waals surface area contributed by atoms with Crippen LogP contribution in [-0.4, -0.2) is 50.6 Å². The maximum absolute atomic E-state index is 5.81. The Balaban J connectivity index is 1.85. The molecular weight excluding hydrogens is 258 g/mol. The van der Waals surface area contributed by atoms with E-state index in [1.165, 1.54) is 0 Å². The molecule has 1 aliphatic rings. The topological polar surface area (TPSA) is 116 Å². The summed E-state index contributed by atoms with van der Waals surface area (Å²) in [6, 6.07) is 0. The van der Waals surface area contributed by atoms with Gasteiger partial charge in [-0.3, -0.25) is 4.90 Å². The van der Waals surface area contributed by atoms with Crippen molar-refractivity contribution in [1.29, 1.82) is 0 Å². The van der Waals surface area contributed by atoms with Gasteiger partial charge in [0.05, 0.1) is 24.6 Å². The molecule has 0 aliphatic carbocycles. The fourth-order valence-electron chi connectivity index (χ4n) is 2.32. The van der Waals surface area contributed by atoms with Crippen LogP contribution in [0.25, 0.3) is 11.2 Å². The van der Waals surface area contributed by atoms with Gasteiger partial charge in [0.2, 0.25) is 5.95 Å². The summed E-state index contributed by atoms with van der Waals surface area (Å²) in [6.07, 6.45) is 1.94. The molecule has 4 N–H and O–H groups in total. The molecule has 0 saturated carbocycles. The van der Waals surface area contributed by atoms with E-state index in [2.05, 4.69) is 31.8 Å². The molecule has 2 aromatic heterocycles. The number of aromatic nitrogens is 4. The minimum absolute atomic E-state index is 0.110. The van der Waals surface area contributed by atoms with E-state index in [9.17, 15) is 0 Å². The van der Waals surface area contributed by atoms with Crippen LogP contribution in [0, 0.1) is 0 Å². The molecule has 0 radical (unpaired) electrons. The van der Waals surface area contributed by atoms with Gasteiger partial charge in [-0.05, 0) is 6.92 Å². The molecule has 106 valence electrons. The summed E-state index contributed by atoms with van der Waals surface area (Å²) in [6.45, 7) is 5.28. The fraction of sp³-hybridized carbons (Fsp3) is 0.500. The van der Waals surface area contributed by atoms with Crippen LogP contribution in [-0.2, 0) is 11.3 Å². The van der Waals surface area contributed by atoms with Crippen LogP contribution in [0.2, 0.25) is 0 Å². The molecule has 8 heteroatoms. The SMILES string of the molecule is CC1CN(Cc2cnc3nc(N)nc(N)c3n2)CCO1. The minimum atomic E-state index is 0.110. The lowest BCUT2D eigenvalue weighted by Gasteiger charge is -2.30. The van der Waals surface area contributed by atoms with Gasteiger partial charge in [-0.15, -0.1) is 0 Å². The normalized spacial score (nSPS) is 20.4. The molecule has 1 saturated heterocycles. The van der Waals surface area contributed by atoms with Crippen LogP contribution < -0.4 is 11.5 Å². The van der Waals surface area contributed by atoms with E-state index in [1.54, 1.807) is 6.20 Å². The average molecular weight is 275 g/mol. The summed E-state index contributed by atoms with van der Waals surface area (Å²) in [7, 11) is 0. The van der Waals surface area contributed by atoms with Crippen LogP contribution in [0.1, 0.15) is 12.6 Å². The lowest BCUT2D eigenvalue weighted by atomic mass is 10.3. The first kappa shape index (κ1) is 12.9. The van der Waals surface area contributed by atoms with Crippen molar-refractivity contribution in [2.75, 3.05) is 31.2 Å². The fourth-order valence-corrected chi connectivity index (χ4v) is 2.32. The lowest BCUT2D eigenvalue weighted by molar-refractivity contribution is -0.0215. The zero-order valence-corrected chi connectivity index (χ0v) is 11.3. The number of fused-ring (bicyclic) bond motifs is 1. The maximum Gasteiger partial charge on any atom is 0.224 e. The van der Waals surface area contributed by atoms with Crippen molar-refractivity contribution < 1.29 is 4.74 Å². The summed E-state index contributed by atoms with van der Waals surface area (Å²) < 4.78 is 5.52. The molecule has 3 rings (SSSR count). The van der Waals surface area contributed by atoms with E-state index in [-0.39, 0.29) is 17.9 Å². The Hall–Kier alpha value is -2.06. The molecule has 3 heterocycles. The van der Waals surface area contributed by atoms with Gasteiger partial charge in [0, 0.05) is 19.6 Å². The molecule has 0 aromatic carbocycles. The van der Waals surface area contributed by atoms with Gasteiger partial charge in [0.1, 0.15) is 0 Å². The Bertz CT molecular complexity index is 632. The second-order valence-corrected chi connectivity index (χ2v) is 4.92. The Morgan fingerprint density at radius 2 is 2.20 bits per heavy atom. The van der Waals surface area contributed by atoms with Crippen molar-refractivity contribution in [3.8, 4) is 0 Å². The van der Waals surface area contributed by atoms with Gasteiger partial charge in [-0.1, -0.05) is 0 Å². The third kappa shape index (κ3) is 2.61. The van der Waals surface area contributed by atoms with Gasteiger partial charge in [0.25, 0.3) is 0 Å². The lowest BCUT2D eigenvalue weighted by Crippen LogP contribution is -2.40. The molecule has 0 amide bonds. The largest absolute Gasteiger partial charge is 0.382 e. The molecule has 20 heavy (non-hydrogen) atoms. The molecule has 1 fully saturated rings. The van der Waals surface area contributed by atoms with E-state index in [0.717, 1.165) is 25.4 Å². The zero-order valence-electron chi connectivity index (χ0n) is 11.3. The number of nitrogens with two attached hydrogens (primary N) is 2. The van der Waals surface area contributed by atoms with Crippen LogP contribution in [0.4, 0.5) is 11.8 Å². The minimum Gasteiger partial charge on any atom is -0.382 e. The smallest absolute Gasteiger partial charge is 0.224 e. The number of hydrogen-bond donors (Lipinski definition) is 2. The third-order valence-corrected chi connectivity index (χ3v) is 3.21. The van der Waals surface area contributed by atoms with E-state index >= 15 is 0 Å². The van der Waals surface area contributed by atoms with E-state index < -0.39 is 0 Å². The van der Waals surface area contributed by atoms with E-state index in [0.29, 0.717) is 17.7 Å². The summed E-state index contributed by atoms with van der Waals surface area (Å²) in [5, 5.41) is 0. The molecule has 0 spiro atoms. The Morgan fingerprint density at radius 3 is 3.00 bits per heavy atom. The molecule has 1 unspecified atom stereocenters. The van der Waals surface area contributed by atoms with E-state index in [4.69, 9.17) is 16.2 Å². The second-order valence-electron chi connectivity index (χ2n) is 4.92. The molecule has 1 aliphatic heterocycles. The number of morpholine rings is 1. The van der Waals surface area contributed by atoms with Crippen molar-refractivity contribution in [3.05, 3.63) is 11.9 Å². The Morgan fingerprint density at radius 1 is 1.35 bits per heavy atom. The maximum atomic E-state index is 5.81. The molecule has 1 atom stereocenters. The van der Waals surface area contributed by atoms with Crippen molar-refractivity contribution in [2.24, 2.45) is 0 Å². The second kappa shape index (κ2) is 5.14. The van der Waals surface area contributed by atoms with Gasteiger partial charge in [0.15, 0.2) is 17.0 Å². The van der Waals surface area contributed by atoms with Crippen molar-refractivity contribution in [2.45, 2.75) is 19.6 Å². The Labute approximate surface area is 116 Å². The predicted molar refractivity (Wildman–Crippen MR) is 74.6 cm³/mol. The first-order valence-electron chi connectivity index (χ1n) is 6.50. The average Bonchev–Trinajstić information content (AvgIpc) is 2.39. The van der Waals surface area contributed by atoms with Gasteiger partial charge >= 0.3 is 0 Å². The number of hydrogen-bond acceptors (Lipinski definition) is 8. The number of nitrogens with zero attached hydrogens (tertiary/aromatic N) is 5. The highest BCUT2D eigenvalue weighted by atomic mass is 16.5. The van der Waals surface area contributed by atoms with Crippen LogP contribution in [0.5, 0.6) is 0 Å². The van der Waals surface area contributed by atoms with Gasteiger partial charge < -0.3 is 16.2 Å². The zero-order chi connectivity index (χ0) is 14.1. The highest BCUT2D eigenvalue weighted by molar-refractivity contribution is 5.81. The predicted octanol–water partition coefficient (Wildman–Crippen LogP) is -0.195. The summed E-state index contributed by atoms with van der Waals surface area (Å²) in [5.74, 6) is 0.372. The number of ether oxygens (including phenoxy) is 1. The standard InChI is InChI=1S/C12H17N7O/c1-7-5-19(2-3-20-7)6-8-4-15-11-9(16-8)10(13)17-12(14)18-11/h4,7H,2-3,5-6H2,1H3,(H4,13,14,15,17,18). The van der Waals surface area contributed by atoms with Crippen molar-refractivity contribution in [3.63, 3.8) is 0 Å². The monoisotopic (exact) mass is 275 g/mol. The van der Waals surface area contributed by atoms with Crippen LogP contribution in [0.15, 0.2) is 6.20 Å². The molecule has 0 bridgehead atoms. The summed E-state index contributed by atoms with van der Waals surface area (Å²) in [4.78, 5) is 18.9. The third-order valence-electron chi connectivity index (χ3n) is 3.21. The molecular formula is C12H17N7O. The first-order chi connectivity index (χ1) is 9.61. The van der Waals surface area contributed by atoms with Gasteiger partial charge in [-0.2, -0.15) is 9.97 Å². The highest BCUT2D eigenvalue weighted by Crippen LogP contribution is 2.16. The number of nitrogen functional groups attached to an aromatic ring is 2. The highest BCUT2D eigenvalue weighted by Gasteiger charge is 2.17. The Kier molecular flexibility index (Phi) is 3.33. The van der Waals surface area contributed by atoms with Crippen molar-refractivity contribution >= 4 is 22.9 Å². The quantitative estimate of drug-likeness (QED) is 0.774. The first-order valence-corrected chi connectivity index (χ1v) is 6.50.